The fraction of sp³-hybridized carbons (Fsp3) is 0.786. The van der Waals surface area contributed by atoms with Crippen molar-refractivity contribution in [3.63, 3.8) is 0 Å². The Morgan fingerprint density at radius 2 is 1.59 bits per heavy atom. The number of nitrogens with zero attached hydrogens (tertiary/aromatic N) is 1. The summed E-state index contributed by atoms with van der Waals surface area (Å²) in [5.41, 5.74) is -0.609. The lowest BCUT2D eigenvalue weighted by Gasteiger charge is -2.20. The minimum atomic E-state index is -1.09. The predicted molar refractivity (Wildman–Crippen MR) is 81.1 cm³/mol. The molecule has 0 aromatic heterocycles. The molecule has 8 nitrogen and oxygen atoms in total. The van der Waals surface area contributed by atoms with Crippen LogP contribution in [0, 0.1) is 5.92 Å². The Morgan fingerprint density at radius 3 is 1.82 bits per heavy atom. The van der Waals surface area contributed by atoms with Crippen LogP contribution in [0.4, 0.5) is 4.79 Å². The van der Waals surface area contributed by atoms with Gasteiger partial charge in [-0.25, -0.2) is 9.86 Å². The molecule has 0 saturated carbocycles. The summed E-state index contributed by atoms with van der Waals surface area (Å²) in [6.07, 6.45) is -0.720. The number of ether oxygens (including phenoxy) is 1. The van der Waals surface area contributed by atoms with Crippen LogP contribution in [0.25, 0.3) is 0 Å². The van der Waals surface area contributed by atoms with Crippen molar-refractivity contribution in [2.75, 3.05) is 14.2 Å². The van der Waals surface area contributed by atoms with Crippen LogP contribution in [0.3, 0.4) is 0 Å². The van der Waals surface area contributed by atoms with Crippen molar-refractivity contribution in [1.82, 2.24) is 10.4 Å². The number of hydrogen-bond donors (Lipinski definition) is 2. The van der Waals surface area contributed by atoms with Crippen molar-refractivity contribution in [2.45, 2.75) is 53.2 Å². The summed E-state index contributed by atoms with van der Waals surface area (Å²) < 4.78 is 4.85. The van der Waals surface area contributed by atoms with Crippen LogP contribution in [-0.2, 0) is 19.2 Å². The van der Waals surface area contributed by atoms with E-state index in [2.05, 4.69) is 10.2 Å². The second kappa shape index (κ2) is 9.99. The molecule has 0 fully saturated rings. The van der Waals surface area contributed by atoms with E-state index in [1.165, 1.54) is 19.1 Å². The molecular formula is C14H28N2O6. The molecule has 2 amide bonds. The number of carbonyl (C=O) groups is 3. The topological polar surface area (TPSA) is 105 Å². The average Bonchev–Trinajstić information content (AvgIpc) is 2.34. The van der Waals surface area contributed by atoms with Gasteiger partial charge >= 0.3 is 12.1 Å². The van der Waals surface area contributed by atoms with Crippen LogP contribution < -0.4 is 5.32 Å². The van der Waals surface area contributed by atoms with Crippen molar-refractivity contribution in [1.29, 1.82) is 0 Å². The van der Waals surface area contributed by atoms with Gasteiger partial charge in [0, 0.05) is 13.0 Å². The van der Waals surface area contributed by atoms with E-state index in [0.29, 0.717) is 0 Å². The van der Waals surface area contributed by atoms with Gasteiger partial charge in [0.1, 0.15) is 11.6 Å². The quantitative estimate of drug-likeness (QED) is 0.763. The molecule has 0 unspecified atom stereocenters. The second-order valence-electron chi connectivity index (χ2n) is 5.88. The number of alkyl carbamates (subject to hydrolysis) is 1. The van der Waals surface area contributed by atoms with Gasteiger partial charge in [-0.3, -0.25) is 14.4 Å². The maximum absolute atomic E-state index is 11.0. The lowest BCUT2D eigenvalue weighted by molar-refractivity contribution is -0.172. The Labute approximate surface area is 131 Å². The van der Waals surface area contributed by atoms with E-state index in [0.717, 1.165) is 0 Å². The third-order valence-electron chi connectivity index (χ3n) is 2.18. The highest BCUT2D eigenvalue weighted by molar-refractivity contribution is 5.79. The Bertz CT molecular complexity index is 376. The molecule has 0 rings (SSSR count). The van der Waals surface area contributed by atoms with Crippen LogP contribution in [-0.4, -0.2) is 53.9 Å². The fourth-order valence-corrected chi connectivity index (χ4v) is 1.000. The van der Waals surface area contributed by atoms with E-state index < -0.39 is 23.7 Å². The third-order valence-corrected chi connectivity index (χ3v) is 2.18. The summed E-state index contributed by atoms with van der Waals surface area (Å²) in [5.74, 6) is -1.08. The Morgan fingerprint density at radius 1 is 1.14 bits per heavy atom. The van der Waals surface area contributed by atoms with Crippen LogP contribution in [0.5, 0.6) is 0 Å². The van der Waals surface area contributed by atoms with Crippen molar-refractivity contribution in [3.05, 3.63) is 0 Å². The van der Waals surface area contributed by atoms with Gasteiger partial charge in [-0.15, -0.1) is 0 Å². The van der Waals surface area contributed by atoms with Gasteiger partial charge in [0.15, 0.2) is 0 Å². The molecule has 22 heavy (non-hydrogen) atoms. The molecule has 0 aliphatic rings. The number of carboxylic acid groups (broad SMARTS) is 1. The highest BCUT2D eigenvalue weighted by Gasteiger charge is 2.20. The molecule has 0 aromatic rings. The van der Waals surface area contributed by atoms with Gasteiger partial charge in [0.2, 0.25) is 5.91 Å². The molecule has 0 saturated heterocycles. The molecule has 0 aliphatic carbocycles. The first-order chi connectivity index (χ1) is 9.81. The molecule has 0 aromatic carbocycles. The highest BCUT2D eigenvalue weighted by atomic mass is 16.7. The summed E-state index contributed by atoms with van der Waals surface area (Å²) in [4.78, 5) is 36.8. The predicted octanol–water partition coefficient (Wildman–Crippen LogP) is 1.65. The van der Waals surface area contributed by atoms with Crippen LogP contribution in [0.1, 0.15) is 41.5 Å². The molecule has 8 heteroatoms. The Balaban J connectivity index is 0. The summed E-state index contributed by atoms with van der Waals surface area (Å²) in [5, 5.41) is 11.9. The SMILES string of the molecule is CON(C)C(=O)C(C)C.C[C@H](NC(=O)OC(C)(C)C)C(=O)O. The fourth-order valence-electron chi connectivity index (χ4n) is 1.000. The van der Waals surface area contributed by atoms with Gasteiger partial charge in [0.05, 0.1) is 7.11 Å². The van der Waals surface area contributed by atoms with Crippen LogP contribution >= 0.6 is 0 Å². The molecule has 0 bridgehead atoms. The van der Waals surface area contributed by atoms with Crippen LogP contribution in [0.2, 0.25) is 0 Å². The van der Waals surface area contributed by atoms with E-state index in [1.54, 1.807) is 27.8 Å². The maximum atomic E-state index is 11.0. The first-order valence-electron chi connectivity index (χ1n) is 6.85. The number of hydrogen-bond acceptors (Lipinski definition) is 5. The molecule has 1 atom stereocenters. The summed E-state index contributed by atoms with van der Waals surface area (Å²) in [6.45, 7) is 10.1. The molecular weight excluding hydrogens is 292 g/mol. The van der Waals surface area contributed by atoms with Crippen molar-refractivity contribution in [3.8, 4) is 0 Å². The molecule has 0 radical (unpaired) electrons. The number of aliphatic carboxylic acids is 1. The van der Waals surface area contributed by atoms with Crippen molar-refractivity contribution < 1.29 is 29.1 Å². The van der Waals surface area contributed by atoms with E-state index in [1.807, 2.05) is 13.8 Å². The molecule has 2 N–H and O–H groups in total. The Hall–Kier alpha value is -1.83. The monoisotopic (exact) mass is 320 g/mol. The summed E-state index contributed by atoms with van der Waals surface area (Å²) in [7, 11) is 3.07. The van der Waals surface area contributed by atoms with Gasteiger partial charge in [0.25, 0.3) is 0 Å². The number of carboxylic acids is 1. The second-order valence-corrected chi connectivity index (χ2v) is 5.88. The largest absolute Gasteiger partial charge is 0.480 e. The zero-order valence-electron chi connectivity index (χ0n) is 14.6. The minimum Gasteiger partial charge on any atom is -0.480 e. The molecule has 0 aliphatic heterocycles. The standard InChI is InChI=1S/C8H15NO4.C6H13NO2/c1-5(6(10)11)9-7(12)13-8(2,3)4;1-5(2)6(8)7(3)9-4/h5H,1-4H3,(H,9,12)(H,10,11);5H,1-4H3/t5-;/m0./s1. The van der Waals surface area contributed by atoms with Gasteiger partial charge in [-0.05, 0) is 27.7 Å². The van der Waals surface area contributed by atoms with E-state index >= 15 is 0 Å². The smallest absolute Gasteiger partial charge is 0.408 e. The van der Waals surface area contributed by atoms with E-state index in [9.17, 15) is 14.4 Å². The number of hydroxylamine groups is 2. The van der Waals surface area contributed by atoms with E-state index in [4.69, 9.17) is 9.84 Å². The maximum Gasteiger partial charge on any atom is 0.408 e. The molecule has 0 spiro atoms. The van der Waals surface area contributed by atoms with E-state index in [-0.39, 0.29) is 11.8 Å². The van der Waals surface area contributed by atoms with Gasteiger partial charge in [-0.1, -0.05) is 13.8 Å². The lowest BCUT2D eigenvalue weighted by atomic mass is 10.2. The zero-order chi connectivity index (χ0) is 18.1. The first-order valence-corrected chi connectivity index (χ1v) is 6.85. The highest BCUT2D eigenvalue weighted by Crippen LogP contribution is 2.06. The van der Waals surface area contributed by atoms with Gasteiger partial charge in [-0.2, -0.15) is 0 Å². The van der Waals surface area contributed by atoms with Gasteiger partial charge < -0.3 is 15.2 Å². The zero-order valence-corrected chi connectivity index (χ0v) is 14.6. The molecule has 130 valence electrons. The Kier molecular flexibility index (Phi) is 10.2. The average molecular weight is 320 g/mol. The normalized spacial score (nSPS) is 11.9. The number of carbonyl (C=O) groups excluding carboxylic acids is 2. The number of rotatable bonds is 4. The number of nitrogens with one attached hydrogen (secondary N) is 1. The lowest BCUT2D eigenvalue weighted by Crippen LogP contribution is -2.41. The minimum absolute atomic E-state index is 0.00231. The summed E-state index contributed by atoms with van der Waals surface area (Å²) >= 11 is 0. The molecule has 0 heterocycles. The third kappa shape index (κ3) is 12.0. The first kappa shape index (κ1) is 22.5. The number of amides is 2. The van der Waals surface area contributed by atoms with Crippen LogP contribution in [0.15, 0.2) is 0 Å². The summed E-state index contributed by atoms with van der Waals surface area (Å²) in [6, 6.07) is -0.935. The van der Waals surface area contributed by atoms with Crippen molar-refractivity contribution in [2.24, 2.45) is 5.92 Å². The van der Waals surface area contributed by atoms with Crippen molar-refractivity contribution >= 4 is 18.0 Å².